The van der Waals surface area contributed by atoms with Gasteiger partial charge in [-0.05, 0) is 43.5 Å². The van der Waals surface area contributed by atoms with Crippen molar-refractivity contribution in [2.24, 2.45) is 0 Å². The molecule has 0 aliphatic carbocycles. The Balaban J connectivity index is 1.74. The van der Waals surface area contributed by atoms with E-state index in [0.29, 0.717) is 30.3 Å². The predicted molar refractivity (Wildman–Crippen MR) is 97.1 cm³/mol. The number of nitrogens with zero attached hydrogens (tertiary/aromatic N) is 1. The summed E-state index contributed by atoms with van der Waals surface area (Å²) in [5, 5.41) is 2.87. The second-order valence-electron chi connectivity index (χ2n) is 6.83. The van der Waals surface area contributed by atoms with E-state index < -0.39 is 10.8 Å². The van der Waals surface area contributed by atoms with Crippen LogP contribution >= 0.6 is 11.8 Å². The highest BCUT2D eigenvalue weighted by Crippen LogP contribution is 2.34. The van der Waals surface area contributed by atoms with Crippen molar-refractivity contribution in [2.75, 3.05) is 26.5 Å². The SMILES string of the molecule is COc1cc2c(cc1OC)CN(C(=O)[C@H]1CSC(C)(C)C(=O)N1)CC2. The van der Waals surface area contributed by atoms with Gasteiger partial charge in [0.15, 0.2) is 11.5 Å². The summed E-state index contributed by atoms with van der Waals surface area (Å²) in [6.45, 7) is 4.92. The van der Waals surface area contributed by atoms with E-state index in [9.17, 15) is 9.59 Å². The average Bonchev–Trinajstić information content (AvgIpc) is 2.61. The van der Waals surface area contributed by atoms with E-state index in [1.807, 2.05) is 30.9 Å². The van der Waals surface area contributed by atoms with Crippen LogP contribution in [0.3, 0.4) is 0 Å². The molecule has 2 aliphatic heterocycles. The second kappa shape index (κ2) is 6.78. The van der Waals surface area contributed by atoms with Crippen molar-refractivity contribution in [2.45, 2.75) is 37.6 Å². The lowest BCUT2D eigenvalue weighted by Gasteiger charge is -2.37. The van der Waals surface area contributed by atoms with Crippen LogP contribution in [0.5, 0.6) is 11.5 Å². The number of thioether (sulfide) groups is 1. The fourth-order valence-corrected chi connectivity index (χ4v) is 4.15. The Bertz CT molecular complexity index is 705. The molecular formula is C18H24N2O4S. The van der Waals surface area contributed by atoms with Crippen LogP contribution in [0.2, 0.25) is 0 Å². The number of hydrogen-bond acceptors (Lipinski definition) is 5. The molecule has 0 unspecified atom stereocenters. The van der Waals surface area contributed by atoms with Crippen LogP contribution in [-0.4, -0.2) is 54.0 Å². The van der Waals surface area contributed by atoms with Gasteiger partial charge in [-0.25, -0.2) is 0 Å². The van der Waals surface area contributed by atoms with Crippen LogP contribution in [0.1, 0.15) is 25.0 Å². The van der Waals surface area contributed by atoms with Gasteiger partial charge in [0.2, 0.25) is 11.8 Å². The van der Waals surface area contributed by atoms with Gasteiger partial charge < -0.3 is 19.7 Å². The molecule has 0 radical (unpaired) electrons. The zero-order chi connectivity index (χ0) is 18.2. The number of rotatable bonds is 3. The highest BCUT2D eigenvalue weighted by atomic mass is 32.2. The van der Waals surface area contributed by atoms with Crippen LogP contribution in [-0.2, 0) is 22.6 Å². The van der Waals surface area contributed by atoms with Crippen LogP contribution in [0.15, 0.2) is 12.1 Å². The number of fused-ring (bicyclic) bond motifs is 1. The monoisotopic (exact) mass is 364 g/mol. The topological polar surface area (TPSA) is 67.9 Å². The molecule has 3 rings (SSSR count). The number of hydrogen-bond donors (Lipinski definition) is 1. The summed E-state index contributed by atoms with van der Waals surface area (Å²) >= 11 is 1.53. The molecule has 25 heavy (non-hydrogen) atoms. The molecule has 2 aliphatic rings. The van der Waals surface area contributed by atoms with Crippen LogP contribution in [0.4, 0.5) is 0 Å². The Morgan fingerprint density at radius 3 is 2.48 bits per heavy atom. The van der Waals surface area contributed by atoms with Gasteiger partial charge in [-0.15, -0.1) is 11.8 Å². The number of ether oxygens (including phenoxy) is 2. The van der Waals surface area contributed by atoms with Crippen LogP contribution < -0.4 is 14.8 Å². The highest BCUT2D eigenvalue weighted by molar-refractivity contribution is 8.01. The Kier molecular flexibility index (Phi) is 4.86. The van der Waals surface area contributed by atoms with E-state index in [4.69, 9.17) is 9.47 Å². The minimum absolute atomic E-state index is 0.0169. The molecule has 1 saturated heterocycles. The molecule has 1 atom stereocenters. The Hall–Kier alpha value is -1.89. The van der Waals surface area contributed by atoms with E-state index in [1.54, 1.807) is 14.2 Å². The number of benzene rings is 1. The van der Waals surface area contributed by atoms with E-state index in [2.05, 4.69) is 5.32 Å². The second-order valence-corrected chi connectivity index (χ2v) is 8.48. The lowest BCUT2D eigenvalue weighted by Crippen LogP contribution is -2.58. The molecule has 2 heterocycles. The fraction of sp³-hybridized carbons (Fsp3) is 0.556. The van der Waals surface area contributed by atoms with Crippen LogP contribution in [0.25, 0.3) is 0 Å². The first-order valence-electron chi connectivity index (χ1n) is 8.33. The Morgan fingerprint density at radius 1 is 1.24 bits per heavy atom. The summed E-state index contributed by atoms with van der Waals surface area (Å²) < 4.78 is 10.2. The van der Waals surface area contributed by atoms with Gasteiger partial charge in [0, 0.05) is 18.8 Å². The van der Waals surface area contributed by atoms with Gasteiger partial charge in [0.1, 0.15) is 6.04 Å². The maximum absolute atomic E-state index is 12.8. The molecular weight excluding hydrogens is 340 g/mol. The molecule has 0 spiro atoms. The molecule has 1 aromatic carbocycles. The number of carbonyl (C=O) groups is 2. The summed E-state index contributed by atoms with van der Waals surface area (Å²) in [7, 11) is 3.22. The van der Waals surface area contributed by atoms with E-state index in [1.165, 1.54) is 17.3 Å². The first kappa shape index (κ1) is 17.9. The molecule has 0 bridgehead atoms. The standard InChI is InChI=1S/C18H24N2O4S/c1-18(2)17(22)19-13(10-25-18)16(21)20-6-5-11-7-14(23-3)15(24-4)8-12(11)9-20/h7-8,13H,5-6,9-10H2,1-4H3,(H,19,22)/t13-/m1/s1. The zero-order valence-electron chi connectivity index (χ0n) is 15.0. The summed E-state index contributed by atoms with van der Waals surface area (Å²) in [5.74, 6) is 1.88. The number of methoxy groups -OCH3 is 2. The quantitative estimate of drug-likeness (QED) is 0.882. The van der Waals surface area contributed by atoms with Gasteiger partial charge in [-0.1, -0.05) is 0 Å². The van der Waals surface area contributed by atoms with E-state index in [0.717, 1.165) is 12.0 Å². The Labute approximate surface area is 152 Å². The van der Waals surface area contributed by atoms with Crippen molar-refractivity contribution in [3.05, 3.63) is 23.3 Å². The van der Waals surface area contributed by atoms with Gasteiger partial charge >= 0.3 is 0 Å². The smallest absolute Gasteiger partial charge is 0.246 e. The highest BCUT2D eigenvalue weighted by Gasteiger charge is 2.39. The minimum atomic E-state index is -0.477. The predicted octanol–water partition coefficient (Wildman–Crippen LogP) is 1.60. The lowest BCUT2D eigenvalue weighted by atomic mass is 9.98. The molecule has 7 heteroatoms. The maximum atomic E-state index is 12.8. The number of carbonyl (C=O) groups excluding carboxylic acids is 2. The van der Waals surface area contributed by atoms with Gasteiger partial charge in [0.05, 0.1) is 19.0 Å². The minimum Gasteiger partial charge on any atom is -0.493 e. The van der Waals surface area contributed by atoms with Gasteiger partial charge in [-0.2, -0.15) is 0 Å². The van der Waals surface area contributed by atoms with E-state index >= 15 is 0 Å². The molecule has 0 aromatic heterocycles. The van der Waals surface area contributed by atoms with Crippen molar-refractivity contribution in [1.29, 1.82) is 0 Å². The van der Waals surface area contributed by atoms with Crippen LogP contribution in [0, 0.1) is 0 Å². The normalized spacial score (nSPS) is 22.0. The third-order valence-electron chi connectivity index (χ3n) is 4.79. The number of amides is 2. The third-order valence-corrected chi connectivity index (χ3v) is 6.20. The van der Waals surface area contributed by atoms with Crippen molar-refractivity contribution in [3.63, 3.8) is 0 Å². The van der Waals surface area contributed by atoms with Crippen molar-refractivity contribution in [3.8, 4) is 11.5 Å². The van der Waals surface area contributed by atoms with Crippen molar-refractivity contribution in [1.82, 2.24) is 10.2 Å². The summed E-state index contributed by atoms with van der Waals surface area (Å²) in [6, 6.07) is 3.47. The molecule has 0 saturated carbocycles. The third kappa shape index (κ3) is 3.42. The molecule has 1 fully saturated rings. The average molecular weight is 364 g/mol. The fourth-order valence-electron chi connectivity index (χ4n) is 3.16. The van der Waals surface area contributed by atoms with Crippen molar-refractivity contribution >= 4 is 23.6 Å². The molecule has 6 nitrogen and oxygen atoms in total. The maximum Gasteiger partial charge on any atom is 0.246 e. The molecule has 1 N–H and O–H groups in total. The summed E-state index contributed by atoms with van der Waals surface area (Å²) in [5.41, 5.74) is 2.23. The van der Waals surface area contributed by atoms with Crippen molar-refractivity contribution < 1.29 is 19.1 Å². The summed E-state index contributed by atoms with van der Waals surface area (Å²) in [6.07, 6.45) is 0.765. The molecule has 2 amide bonds. The largest absolute Gasteiger partial charge is 0.493 e. The van der Waals surface area contributed by atoms with Gasteiger partial charge in [-0.3, -0.25) is 9.59 Å². The van der Waals surface area contributed by atoms with Gasteiger partial charge in [0.25, 0.3) is 0 Å². The molecule has 1 aromatic rings. The lowest BCUT2D eigenvalue weighted by molar-refractivity contribution is -0.137. The first-order chi connectivity index (χ1) is 11.9. The zero-order valence-corrected chi connectivity index (χ0v) is 15.9. The summed E-state index contributed by atoms with van der Waals surface area (Å²) in [4.78, 5) is 26.8. The first-order valence-corrected chi connectivity index (χ1v) is 9.31. The Morgan fingerprint density at radius 2 is 1.88 bits per heavy atom. The molecule has 136 valence electrons. The number of nitrogens with one attached hydrogen (secondary N) is 1. The van der Waals surface area contributed by atoms with E-state index in [-0.39, 0.29) is 11.8 Å².